The van der Waals surface area contributed by atoms with Gasteiger partial charge in [-0.05, 0) is 46.3 Å². The smallest absolute Gasteiger partial charge is 0.251 e. The predicted molar refractivity (Wildman–Crippen MR) is 86.1 cm³/mol. The second-order valence-electron chi connectivity index (χ2n) is 4.64. The Kier molecular flexibility index (Phi) is 5.33. The van der Waals surface area contributed by atoms with Crippen molar-refractivity contribution in [2.45, 2.75) is 0 Å². The largest absolute Gasteiger partial charge is 0.373 e. The van der Waals surface area contributed by atoms with E-state index in [4.69, 9.17) is 0 Å². The number of rotatable bonds is 5. The summed E-state index contributed by atoms with van der Waals surface area (Å²) in [7, 11) is 1.97. The van der Waals surface area contributed by atoms with Crippen molar-refractivity contribution < 1.29 is 9.18 Å². The van der Waals surface area contributed by atoms with Gasteiger partial charge < -0.3 is 10.2 Å². The zero-order valence-electron chi connectivity index (χ0n) is 11.6. The third kappa shape index (κ3) is 4.29. The zero-order valence-corrected chi connectivity index (χ0v) is 13.2. The third-order valence-electron chi connectivity index (χ3n) is 3.11. The summed E-state index contributed by atoms with van der Waals surface area (Å²) in [5.74, 6) is -0.590. The van der Waals surface area contributed by atoms with E-state index in [0.717, 1.165) is 5.69 Å². The molecular weight excluding hydrogens is 335 g/mol. The summed E-state index contributed by atoms with van der Waals surface area (Å²) < 4.78 is 13.4. The van der Waals surface area contributed by atoms with Crippen LogP contribution < -0.4 is 10.2 Å². The van der Waals surface area contributed by atoms with Crippen LogP contribution in [0.25, 0.3) is 0 Å². The lowest BCUT2D eigenvalue weighted by Gasteiger charge is -2.19. The summed E-state index contributed by atoms with van der Waals surface area (Å²) in [4.78, 5) is 14.0. The van der Waals surface area contributed by atoms with Gasteiger partial charge in [0, 0.05) is 31.4 Å². The lowest BCUT2D eigenvalue weighted by Crippen LogP contribution is -2.33. The van der Waals surface area contributed by atoms with Crippen LogP contribution in [0.1, 0.15) is 10.4 Å². The SMILES string of the molecule is CN(CCNC(=O)c1ccc(F)c(Br)c1)c1ccccc1. The molecule has 110 valence electrons. The molecule has 0 saturated heterocycles. The van der Waals surface area contributed by atoms with Gasteiger partial charge >= 0.3 is 0 Å². The first kappa shape index (κ1) is 15.5. The monoisotopic (exact) mass is 350 g/mol. The third-order valence-corrected chi connectivity index (χ3v) is 3.72. The average molecular weight is 351 g/mol. The quantitative estimate of drug-likeness (QED) is 0.895. The van der Waals surface area contributed by atoms with Gasteiger partial charge in [0.25, 0.3) is 5.91 Å². The molecule has 0 unspecified atom stereocenters. The topological polar surface area (TPSA) is 32.3 Å². The Morgan fingerprint density at radius 2 is 1.95 bits per heavy atom. The van der Waals surface area contributed by atoms with Crippen LogP contribution in [-0.2, 0) is 0 Å². The fraction of sp³-hybridized carbons (Fsp3) is 0.188. The summed E-state index contributed by atoms with van der Waals surface area (Å²) in [6, 6.07) is 14.2. The highest BCUT2D eigenvalue weighted by Gasteiger charge is 2.08. The number of anilines is 1. The second-order valence-corrected chi connectivity index (χ2v) is 5.50. The second kappa shape index (κ2) is 7.22. The minimum Gasteiger partial charge on any atom is -0.373 e. The number of likely N-dealkylation sites (N-methyl/N-ethyl adjacent to an activating group) is 1. The van der Waals surface area contributed by atoms with Gasteiger partial charge in [0.1, 0.15) is 5.82 Å². The maximum Gasteiger partial charge on any atom is 0.251 e. The molecule has 1 N–H and O–H groups in total. The molecule has 5 heteroatoms. The van der Waals surface area contributed by atoms with Gasteiger partial charge in [0.15, 0.2) is 0 Å². The Balaban J connectivity index is 1.85. The van der Waals surface area contributed by atoms with Gasteiger partial charge in [-0.2, -0.15) is 0 Å². The lowest BCUT2D eigenvalue weighted by atomic mass is 10.2. The summed E-state index contributed by atoms with van der Waals surface area (Å²) in [6.07, 6.45) is 0. The molecule has 0 saturated carbocycles. The highest BCUT2D eigenvalue weighted by atomic mass is 79.9. The Labute approximate surface area is 131 Å². The van der Waals surface area contributed by atoms with E-state index in [-0.39, 0.29) is 16.2 Å². The number of hydrogen-bond acceptors (Lipinski definition) is 2. The number of carbonyl (C=O) groups excluding carboxylic acids is 1. The molecule has 0 bridgehead atoms. The molecule has 0 atom stereocenters. The van der Waals surface area contributed by atoms with E-state index >= 15 is 0 Å². The fourth-order valence-corrected chi connectivity index (χ4v) is 2.27. The van der Waals surface area contributed by atoms with Gasteiger partial charge in [-0.15, -0.1) is 0 Å². The molecular formula is C16H16BrFN2O. The molecule has 0 aliphatic rings. The lowest BCUT2D eigenvalue weighted by molar-refractivity contribution is 0.0954. The molecule has 0 aliphatic carbocycles. The molecule has 2 aromatic carbocycles. The minimum atomic E-state index is -0.379. The van der Waals surface area contributed by atoms with E-state index in [1.165, 1.54) is 18.2 Å². The number of hydrogen-bond donors (Lipinski definition) is 1. The maximum absolute atomic E-state index is 13.1. The van der Waals surface area contributed by atoms with Crippen molar-refractivity contribution in [3.8, 4) is 0 Å². The average Bonchev–Trinajstić information content (AvgIpc) is 2.50. The zero-order chi connectivity index (χ0) is 15.2. The summed E-state index contributed by atoms with van der Waals surface area (Å²) in [6.45, 7) is 1.21. The molecule has 3 nitrogen and oxygen atoms in total. The van der Waals surface area contributed by atoms with Crippen LogP contribution in [0.2, 0.25) is 0 Å². The molecule has 0 aliphatic heterocycles. The molecule has 21 heavy (non-hydrogen) atoms. The number of nitrogens with zero attached hydrogens (tertiary/aromatic N) is 1. The van der Waals surface area contributed by atoms with Crippen LogP contribution in [0.5, 0.6) is 0 Å². The standard InChI is InChI=1S/C16H16BrFN2O/c1-20(13-5-3-2-4-6-13)10-9-19-16(21)12-7-8-15(18)14(17)11-12/h2-8,11H,9-10H2,1H3,(H,19,21). The molecule has 0 fully saturated rings. The highest BCUT2D eigenvalue weighted by molar-refractivity contribution is 9.10. The number of benzene rings is 2. The molecule has 2 aromatic rings. The molecule has 0 heterocycles. The van der Waals surface area contributed by atoms with Crippen LogP contribution >= 0.6 is 15.9 Å². The first-order valence-electron chi connectivity index (χ1n) is 6.57. The van der Waals surface area contributed by atoms with Gasteiger partial charge in [-0.3, -0.25) is 4.79 Å². The van der Waals surface area contributed by atoms with Gasteiger partial charge in [0.2, 0.25) is 0 Å². The van der Waals surface area contributed by atoms with E-state index < -0.39 is 0 Å². The van der Waals surface area contributed by atoms with E-state index in [2.05, 4.69) is 26.1 Å². The van der Waals surface area contributed by atoms with E-state index in [1.807, 2.05) is 37.4 Å². The number of nitrogens with one attached hydrogen (secondary N) is 1. The minimum absolute atomic E-state index is 0.211. The van der Waals surface area contributed by atoms with Crippen LogP contribution in [0.4, 0.5) is 10.1 Å². The van der Waals surface area contributed by atoms with Crippen molar-refractivity contribution in [2.75, 3.05) is 25.0 Å². The van der Waals surface area contributed by atoms with Crippen molar-refractivity contribution in [1.82, 2.24) is 5.32 Å². The highest BCUT2D eigenvalue weighted by Crippen LogP contribution is 2.16. The summed E-state index contributed by atoms with van der Waals surface area (Å²) >= 11 is 3.07. The van der Waals surface area contributed by atoms with Crippen molar-refractivity contribution >= 4 is 27.5 Å². The summed E-state index contributed by atoms with van der Waals surface area (Å²) in [5, 5.41) is 2.82. The maximum atomic E-state index is 13.1. The molecule has 2 rings (SSSR count). The first-order chi connectivity index (χ1) is 10.1. The molecule has 0 spiro atoms. The van der Waals surface area contributed by atoms with Gasteiger partial charge in [-0.1, -0.05) is 18.2 Å². The van der Waals surface area contributed by atoms with Crippen LogP contribution in [-0.4, -0.2) is 26.0 Å². The number of para-hydroxylation sites is 1. The Morgan fingerprint density at radius 1 is 1.24 bits per heavy atom. The Morgan fingerprint density at radius 3 is 2.62 bits per heavy atom. The van der Waals surface area contributed by atoms with Gasteiger partial charge in [0.05, 0.1) is 4.47 Å². The van der Waals surface area contributed by atoms with Crippen LogP contribution in [0, 0.1) is 5.82 Å². The first-order valence-corrected chi connectivity index (χ1v) is 7.36. The predicted octanol–water partition coefficient (Wildman–Crippen LogP) is 3.45. The van der Waals surface area contributed by atoms with E-state index in [1.54, 1.807) is 0 Å². The normalized spacial score (nSPS) is 10.2. The van der Waals surface area contributed by atoms with Crippen LogP contribution in [0.3, 0.4) is 0 Å². The number of carbonyl (C=O) groups is 1. The van der Waals surface area contributed by atoms with Crippen molar-refractivity contribution in [3.63, 3.8) is 0 Å². The van der Waals surface area contributed by atoms with Crippen molar-refractivity contribution in [2.24, 2.45) is 0 Å². The Bertz CT molecular complexity index is 619. The van der Waals surface area contributed by atoms with E-state index in [9.17, 15) is 9.18 Å². The van der Waals surface area contributed by atoms with Crippen molar-refractivity contribution in [3.05, 3.63) is 64.4 Å². The summed E-state index contributed by atoms with van der Waals surface area (Å²) in [5.41, 5.74) is 1.53. The molecule has 0 aromatic heterocycles. The fourth-order valence-electron chi connectivity index (χ4n) is 1.89. The molecule has 1 amide bonds. The number of halogens is 2. The van der Waals surface area contributed by atoms with Crippen molar-refractivity contribution in [1.29, 1.82) is 0 Å². The number of amides is 1. The molecule has 0 radical (unpaired) electrons. The van der Waals surface area contributed by atoms with Crippen LogP contribution in [0.15, 0.2) is 53.0 Å². The van der Waals surface area contributed by atoms with E-state index in [0.29, 0.717) is 18.7 Å². The van der Waals surface area contributed by atoms with Gasteiger partial charge in [-0.25, -0.2) is 4.39 Å². The Hall–Kier alpha value is -1.88.